The number of aryl methyl sites for hydroxylation is 1. The summed E-state index contributed by atoms with van der Waals surface area (Å²) in [5.74, 6) is -4.22. The van der Waals surface area contributed by atoms with Gasteiger partial charge in [0.25, 0.3) is 5.56 Å². The van der Waals surface area contributed by atoms with Crippen molar-refractivity contribution in [2.24, 2.45) is 0 Å². The lowest BCUT2D eigenvalue weighted by molar-refractivity contribution is 0.445. The maximum Gasteiger partial charge on any atom is 0.271 e. The van der Waals surface area contributed by atoms with Crippen LogP contribution >= 0.6 is 0 Å². The van der Waals surface area contributed by atoms with Crippen LogP contribution < -0.4 is 5.56 Å². The molecule has 0 bridgehead atoms. The molecule has 0 amide bonds. The standard InChI is InChI=1S/C11H9F3N2O/c1-2-6-3-10(17)16(15-6)7-4-8(12)11(14)9(13)5-7/h3-5,15H,2H2,1H3. The predicted octanol–water partition coefficient (Wildman–Crippen LogP) is 2.15. The molecule has 0 fully saturated rings. The predicted molar refractivity (Wildman–Crippen MR) is 55.6 cm³/mol. The molecule has 1 aromatic heterocycles. The van der Waals surface area contributed by atoms with Crippen molar-refractivity contribution in [3.05, 3.63) is 51.7 Å². The number of nitrogens with one attached hydrogen (secondary N) is 1. The fraction of sp³-hybridized carbons (Fsp3) is 0.182. The first-order valence-corrected chi connectivity index (χ1v) is 4.98. The summed E-state index contributed by atoms with van der Waals surface area (Å²) in [6.45, 7) is 1.82. The van der Waals surface area contributed by atoms with Crippen LogP contribution in [0.3, 0.4) is 0 Å². The minimum absolute atomic E-state index is 0.0777. The fourth-order valence-corrected chi connectivity index (χ4v) is 1.49. The average Bonchev–Trinajstić information content (AvgIpc) is 2.67. The van der Waals surface area contributed by atoms with Crippen molar-refractivity contribution < 1.29 is 13.2 Å². The van der Waals surface area contributed by atoms with Gasteiger partial charge in [0.15, 0.2) is 17.5 Å². The first-order valence-electron chi connectivity index (χ1n) is 4.98. The van der Waals surface area contributed by atoms with Gasteiger partial charge >= 0.3 is 0 Å². The van der Waals surface area contributed by atoms with E-state index in [1.165, 1.54) is 6.07 Å². The van der Waals surface area contributed by atoms with E-state index in [1.54, 1.807) is 0 Å². The molecule has 2 rings (SSSR count). The lowest BCUT2D eigenvalue weighted by Crippen LogP contribution is -2.14. The highest BCUT2D eigenvalue weighted by molar-refractivity contribution is 5.33. The third-order valence-electron chi connectivity index (χ3n) is 2.38. The molecular formula is C11H9F3N2O. The normalized spacial score (nSPS) is 10.8. The highest BCUT2D eigenvalue weighted by Crippen LogP contribution is 2.15. The molecule has 17 heavy (non-hydrogen) atoms. The summed E-state index contributed by atoms with van der Waals surface area (Å²) in [7, 11) is 0. The molecule has 3 nitrogen and oxygen atoms in total. The van der Waals surface area contributed by atoms with Crippen LogP contribution in [0.15, 0.2) is 23.0 Å². The number of benzene rings is 1. The Kier molecular flexibility index (Phi) is 2.79. The van der Waals surface area contributed by atoms with Crippen molar-refractivity contribution in [3.63, 3.8) is 0 Å². The van der Waals surface area contributed by atoms with Crippen LogP contribution in [0, 0.1) is 17.5 Å². The number of H-pyrrole nitrogens is 1. The van der Waals surface area contributed by atoms with Gasteiger partial charge in [0.1, 0.15) is 0 Å². The molecule has 0 aliphatic heterocycles. The summed E-state index contributed by atoms with van der Waals surface area (Å²) in [6, 6.07) is 2.84. The smallest absolute Gasteiger partial charge is 0.271 e. The third kappa shape index (κ3) is 1.98. The molecular weight excluding hydrogens is 233 g/mol. The molecule has 2 aromatic rings. The molecule has 0 saturated carbocycles. The second-order valence-corrected chi connectivity index (χ2v) is 3.53. The summed E-state index contributed by atoms with van der Waals surface area (Å²) >= 11 is 0. The van der Waals surface area contributed by atoms with E-state index in [0.717, 1.165) is 16.8 Å². The molecule has 0 atom stereocenters. The maximum atomic E-state index is 13.0. The zero-order valence-electron chi connectivity index (χ0n) is 8.93. The van der Waals surface area contributed by atoms with Crippen molar-refractivity contribution in [3.8, 4) is 5.69 Å². The fourth-order valence-electron chi connectivity index (χ4n) is 1.49. The molecule has 0 unspecified atom stereocenters. The molecule has 90 valence electrons. The first kappa shape index (κ1) is 11.5. The van der Waals surface area contributed by atoms with Crippen LogP contribution in [0.25, 0.3) is 5.69 Å². The van der Waals surface area contributed by atoms with E-state index in [4.69, 9.17) is 0 Å². The van der Waals surface area contributed by atoms with Crippen molar-refractivity contribution in [1.29, 1.82) is 0 Å². The third-order valence-corrected chi connectivity index (χ3v) is 2.38. The van der Waals surface area contributed by atoms with Crippen LogP contribution in [0.4, 0.5) is 13.2 Å². The molecule has 1 N–H and O–H groups in total. The van der Waals surface area contributed by atoms with Gasteiger partial charge in [0.05, 0.1) is 5.69 Å². The number of hydrogen-bond acceptors (Lipinski definition) is 1. The summed E-state index contributed by atoms with van der Waals surface area (Å²) in [4.78, 5) is 11.5. The Bertz CT molecular complexity index is 592. The van der Waals surface area contributed by atoms with Gasteiger partial charge in [0, 0.05) is 23.9 Å². The van der Waals surface area contributed by atoms with Gasteiger partial charge in [-0.25, -0.2) is 17.9 Å². The van der Waals surface area contributed by atoms with Crippen LogP contribution in [-0.2, 0) is 6.42 Å². The topological polar surface area (TPSA) is 37.8 Å². The van der Waals surface area contributed by atoms with Crippen molar-refractivity contribution in [2.75, 3.05) is 0 Å². The molecule has 6 heteroatoms. The molecule has 0 aliphatic carbocycles. The monoisotopic (exact) mass is 242 g/mol. The Morgan fingerprint density at radius 1 is 1.18 bits per heavy atom. The molecule has 1 aromatic carbocycles. The Hall–Kier alpha value is -1.98. The van der Waals surface area contributed by atoms with Gasteiger partial charge in [-0.05, 0) is 6.42 Å². The average molecular weight is 242 g/mol. The van der Waals surface area contributed by atoms with Crippen molar-refractivity contribution in [1.82, 2.24) is 9.78 Å². The van der Waals surface area contributed by atoms with Gasteiger partial charge in [0.2, 0.25) is 0 Å². The minimum atomic E-state index is -1.55. The van der Waals surface area contributed by atoms with Gasteiger partial charge < -0.3 is 0 Å². The van der Waals surface area contributed by atoms with E-state index < -0.39 is 23.0 Å². The highest BCUT2D eigenvalue weighted by atomic mass is 19.2. The highest BCUT2D eigenvalue weighted by Gasteiger charge is 2.13. The van der Waals surface area contributed by atoms with Crippen LogP contribution in [0.5, 0.6) is 0 Å². The van der Waals surface area contributed by atoms with Crippen LogP contribution in [0.2, 0.25) is 0 Å². The number of aromatic nitrogens is 2. The maximum absolute atomic E-state index is 13.0. The summed E-state index contributed by atoms with van der Waals surface area (Å²) in [5.41, 5.74) is 0.0958. The van der Waals surface area contributed by atoms with Gasteiger partial charge in [-0.1, -0.05) is 6.92 Å². The molecule has 0 aliphatic rings. The largest absolute Gasteiger partial charge is 0.295 e. The second-order valence-electron chi connectivity index (χ2n) is 3.53. The van der Waals surface area contributed by atoms with Gasteiger partial charge in [-0.15, -0.1) is 0 Å². The zero-order chi connectivity index (χ0) is 12.6. The van der Waals surface area contributed by atoms with E-state index >= 15 is 0 Å². The summed E-state index contributed by atoms with van der Waals surface area (Å²) in [6.07, 6.45) is 0.578. The van der Waals surface area contributed by atoms with E-state index in [-0.39, 0.29) is 5.69 Å². The van der Waals surface area contributed by atoms with Gasteiger partial charge in [-0.2, -0.15) is 0 Å². The lowest BCUT2D eigenvalue weighted by Gasteiger charge is -2.03. The molecule has 0 saturated heterocycles. The second kappa shape index (κ2) is 4.12. The number of nitrogens with zero attached hydrogens (tertiary/aromatic N) is 1. The summed E-state index contributed by atoms with van der Waals surface area (Å²) in [5, 5.41) is 2.67. The Morgan fingerprint density at radius 3 is 2.24 bits per heavy atom. The molecule has 1 heterocycles. The zero-order valence-corrected chi connectivity index (χ0v) is 8.93. The van der Waals surface area contributed by atoms with Gasteiger partial charge in [-0.3, -0.25) is 9.89 Å². The van der Waals surface area contributed by atoms with E-state index in [1.807, 2.05) is 6.92 Å². The van der Waals surface area contributed by atoms with Crippen molar-refractivity contribution >= 4 is 0 Å². The molecule has 0 radical (unpaired) electrons. The van der Waals surface area contributed by atoms with E-state index in [2.05, 4.69) is 5.10 Å². The van der Waals surface area contributed by atoms with Crippen LogP contribution in [-0.4, -0.2) is 9.78 Å². The SMILES string of the molecule is CCc1cc(=O)n(-c2cc(F)c(F)c(F)c2)[nH]1. The quantitative estimate of drug-likeness (QED) is 0.805. The van der Waals surface area contributed by atoms with E-state index in [9.17, 15) is 18.0 Å². The summed E-state index contributed by atoms with van der Waals surface area (Å²) < 4.78 is 39.7. The van der Waals surface area contributed by atoms with Crippen molar-refractivity contribution in [2.45, 2.75) is 13.3 Å². The number of hydrogen-bond donors (Lipinski definition) is 1. The Balaban J connectivity index is 2.60. The molecule has 0 spiro atoms. The van der Waals surface area contributed by atoms with Crippen LogP contribution in [0.1, 0.15) is 12.6 Å². The number of halogens is 3. The Morgan fingerprint density at radius 2 is 1.76 bits per heavy atom. The first-order chi connectivity index (χ1) is 8.02. The number of rotatable bonds is 2. The van der Waals surface area contributed by atoms with E-state index in [0.29, 0.717) is 12.1 Å². The number of aromatic amines is 1. The lowest BCUT2D eigenvalue weighted by atomic mass is 10.3. The Labute approximate surface area is 94.5 Å². The minimum Gasteiger partial charge on any atom is -0.295 e.